The first-order valence-corrected chi connectivity index (χ1v) is 4.05. The fraction of sp³-hybridized carbons (Fsp3) is 0.250. The van der Waals surface area contributed by atoms with Crippen LogP contribution in [0.3, 0.4) is 0 Å². The molecular weight excluding hydrogens is 247 g/mol. The molecule has 0 amide bonds. The number of carboxylic acids is 1. The van der Waals surface area contributed by atoms with E-state index >= 15 is 0 Å². The molecule has 0 saturated carbocycles. The van der Waals surface area contributed by atoms with Crippen LogP contribution in [0.25, 0.3) is 0 Å². The van der Waals surface area contributed by atoms with E-state index in [9.17, 15) is 22.8 Å². The molecule has 1 heterocycles. The molecule has 0 atom stereocenters. The van der Waals surface area contributed by atoms with Gasteiger partial charge in [-0.15, -0.1) is 13.2 Å². The Bertz CT molecular complexity index is 493. The molecule has 0 aliphatic carbocycles. The molecule has 6 nitrogen and oxygen atoms in total. The van der Waals surface area contributed by atoms with E-state index in [1.807, 2.05) is 0 Å². The van der Waals surface area contributed by atoms with Crippen LogP contribution in [0, 0.1) is 0 Å². The summed E-state index contributed by atoms with van der Waals surface area (Å²) in [6.07, 6.45) is -5.08. The van der Waals surface area contributed by atoms with Gasteiger partial charge in [-0.05, 0) is 0 Å². The number of ether oxygens (including phenoxy) is 2. The zero-order valence-corrected chi connectivity index (χ0v) is 8.29. The van der Waals surface area contributed by atoms with Crippen LogP contribution in [-0.2, 0) is 0 Å². The van der Waals surface area contributed by atoms with Crippen LogP contribution >= 0.6 is 0 Å². The Kier molecular flexibility index (Phi) is 3.30. The topological polar surface area (TPSA) is 88.6 Å². The molecule has 1 aromatic heterocycles. The maximum Gasteiger partial charge on any atom is 0.574 e. The minimum absolute atomic E-state index is 0.588. The molecule has 0 aliphatic rings. The Morgan fingerprint density at radius 2 is 2.06 bits per heavy atom. The second-order valence-corrected chi connectivity index (χ2v) is 2.76. The predicted octanol–water partition coefficient (Wildman–Crippen LogP) is 0.980. The highest BCUT2D eigenvalue weighted by atomic mass is 19.4. The van der Waals surface area contributed by atoms with Gasteiger partial charge in [0.25, 0.3) is 0 Å². The predicted molar refractivity (Wildman–Crippen MR) is 47.3 cm³/mol. The number of carboxylic acid groups (broad SMARTS) is 1. The monoisotopic (exact) mass is 253 g/mol. The van der Waals surface area contributed by atoms with Gasteiger partial charge in [0.1, 0.15) is 5.69 Å². The van der Waals surface area contributed by atoms with Crippen LogP contribution in [0.5, 0.6) is 11.6 Å². The van der Waals surface area contributed by atoms with Crippen molar-refractivity contribution in [1.82, 2.24) is 4.98 Å². The Morgan fingerprint density at radius 3 is 2.47 bits per heavy atom. The minimum atomic E-state index is -5.08. The van der Waals surface area contributed by atoms with E-state index in [0.717, 1.165) is 7.11 Å². The average molecular weight is 253 g/mol. The Balaban J connectivity index is 3.34. The standard InChI is InChI=1S/C8H6F3NO5/c1-16-5-4(13)2-3(7(14)15)12-6(5)17-8(9,10)11/h2H,1H3,(H,12,13)(H,14,15). The second-order valence-electron chi connectivity index (χ2n) is 2.76. The van der Waals surface area contributed by atoms with Crippen molar-refractivity contribution in [3.05, 3.63) is 22.0 Å². The summed E-state index contributed by atoms with van der Waals surface area (Å²) in [5, 5.41) is 8.55. The lowest BCUT2D eigenvalue weighted by Gasteiger charge is -2.12. The molecule has 2 N–H and O–H groups in total. The van der Waals surface area contributed by atoms with Crippen LogP contribution in [0.1, 0.15) is 10.5 Å². The number of nitrogens with one attached hydrogen (secondary N) is 1. The quantitative estimate of drug-likeness (QED) is 0.838. The number of pyridine rings is 1. The van der Waals surface area contributed by atoms with E-state index in [1.54, 1.807) is 4.98 Å². The zero-order chi connectivity index (χ0) is 13.2. The molecular formula is C8H6F3NO5. The lowest BCUT2D eigenvalue weighted by Crippen LogP contribution is -2.22. The molecule has 0 fully saturated rings. The summed E-state index contributed by atoms with van der Waals surface area (Å²) < 4.78 is 43.8. The van der Waals surface area contributed by atoms with Gasteiger partial charge in [0.15, 0.2) is 0 Å². The molecule has 0 spiro atoms. The van der Waals surface area contributed by atoms with Gasteiger partial charge in [-0.3, -0.25) is 4.79 Å². The van der Waals surface area contributed by atoms with Gasteiger partial charge < -0.3 is 19.6 Å². The number of halogens is 3. The number of aromatic amines is 1. The zero-order valence-electron chi connectivity index (χ0n) is 8.29. The third-order valence-corrected chi connectivity index (χ3v) is 1.61. The number of carbonyl (C=O) groups is 1. The number of hydrogen-bond acceptors (Lipinski definition) is 4. The van der Waals surface area contributed by atoms with E-state index in [4.69, 9.17) is 5.11 Å². The van der Waals surface area contributed by atoms with Crippen LogP contribution in [0.15, 0.2) is 10.9 Å². The average Bonchev–Trinajstić information content (AvgIpc) is 2.14. The maximum absolute atomic E-state index is 12.0. The Morgan fingerprint density at radius 1 is 1.47 bits per heavy atom. The largest absolute Gasteiger partial charge is 0.574 e. The van der Waals surface area contributed by atoms with Gasteiger partial charge in [0.2, 0.25) is 17.1 Å². The number of aromatic nitrogens is 1. The van der Waals surface area contributed by atoms with E-state index in [-0.39, 0.29) is 0 Å². The summed E-state index contributed by atoms with van der Waals surface area (Å²) in [6.45, 7) is 0. The van der Waals surface area contributed by atoms with Crippen molar-refractivity contribution in [2.75, 3.05) is 7.11 Å². The number of hydrogen-bond donors (Lipinski definition) is 2. The number of aromatic carboxylic acids is 1. The Hall–Kier alpha value is -2.19. The summed E-state index contributed by atoms with van der Waals surface area (Å²) in [6, 6.07) is 0.588. The van der Waals surface area contributed by atoms with E-state index in [0.29, 0.717) is 6.07 Å². The van der Waals surface area contributed by atoms with E-state index in [2.05, 4.69) is 9.47 Å². The lowest BCUT2D eigenvalue weighted by molar-refractivity contribution is -0.276. The van der Waals surface area contributed by atoms with Crippen molar-refractivity contribution in [3.63, 3.8) is 0 Å². The number of alkyl halides is 3. The number of H-pyrrole nitrogens is 1. The summed E-state index contributed by atoms with van der Waals surface area (Å²) >= 11 is 0. The SMILES string of the molecule is COc1c(OC(F)(F)F)[nH]c(C(=O)O)cc1=O. The van der Waals surface area contributed by atoms with Crippen molar-refractivity contribution < 1.29 is 32.5 Å². The molecule has 1 rings (SSSR count). The van der Waals surface area contributed by atoms with Gasteiger partial charge in [0, 0.05) is 6.07 Å². The number of rotatable bonds is 3. The highest BCUT2D eigenvalue weighted by molar-refractivity contribution is 5.85. The first kappa shape index (κ1) is 12.9. The first-order chi connectivity index (χ1) is 7.74. The van der Waals surface area contributed by atoms with Crippen LogP contribution < -0.4 is 14.9 Å². The molecule has 17 heavy (non-hydrogen) atoms. The van der Waals surface area contributed by atoms with E-state index < -0.39 is 35.1 Å². The van der Waals surface area contributed by atoms with Crippen LogP contribution in [0.2, 0.25) is 0 Å². The molecule has 9 heteroatoms. The van der Waals surface area contributed by atoms with Gasteiger partial charge in [0.05, 0.1) is 7.11 Å². The third kappa shape index (κ3) is 3.13. The normalized spacial score (nSPS) is 11.1. The lowest BCUT2D eigenvalue weighted by atomic mass is 10.3. The molecule has 0 unspecified atom stereocenters. The van der Waals surface area contributed by atoms with Gasteiger partial charge >= 0.3 is 12.3 Å². The van der Waals surface area contributed by atoms with Crippen LogP contribution in [0.4, 0.5) is 13.2 Å². The highest BCUT2D eigenvalue weighted by Crippen LogP contribution is 2.27. The third-order valence-electron chi connectivity index (χ3n) is 1.61. The molecule has 0 saturated heterocycles. The van der Waals surface area contributed by atoms with Crippen molar-refractivity contribution in [3.8, 4) is 11.6 Å². The maximum atomic E-state index is 12.0. The fourth-order valence-electron chi connectivity index (χ4n) is 1.02. The number of methoxy groups -OCH3 is 1. The summed E-state index contributed by atoms with van der Waals surface area (Å²) in [5.74, 6) is -3.46. The molecule has 94 valence electrons. The first-order valence-electron chi connectivity index (χ1n) is 4.05. The van der Waals surface area contributed by atoms with Crippen molar-refractivity contribution in [2.24, 2.45) is 0 Å². The smallest absolute Gasteiger partial charge is 0.488 e. The summed E-state index contributed by atoms with van der Waals surface area (Å²) in [4.78, 5) is 23.5. The Labute approximate surface area is 91.6 Å². The molecule has 0 aromatic carbocycles. The van der Waals surface area contributed by atoms with Crippen LogP contribution in [-0.4, -0.2) is 29.5 Å². The molecule has 0 radical (unpaired) electrons. The fourth-order valence-corrected chi connectivity index (χ4v) is 1.02. The summed E-state index contributed by atoms with van der Waals surface area (Å²) in [5.41, 5.74) is -1.78. The van der Waals surface area contributed by atoms with E-state index in [1.165, 1.54) is 0 Å². The minimum Gasteiger partial charge on any atom is -0.488 e. The van der Waals surface area contributed by atoms with Crippen molar-refractivity contribution in [1.29, 1.82) is 0 Å². The van der Waals surface area contributed by atoms with Gasteiger partial charge in [-0.25, -0.2) is 4.79 Å². The van der Waals surface area contributed by atoms with Crippen molar-refractivity contribution >= 4 is 5.97 Å². The molecule has 0 aliphatic heterocycles. The molecule has 0 bridgehead atoms. The van der Waals surface area contributed by atoms with Crippen molar-refractivity contribution in [2.45, 2.75) is 6.36 Å². The van der Waals surface area contributed by atoms with Gasteiger partial charge in [-0.1, -0.05) is 0 Å². The molecule has 1 aromatic rings. The second kappa shape index (κ2) is 4.36. The van der Waals surface area contributed by atoms with Gasteiger partial charge in [-0.2, -0.15) is 0 Å². The highest BCUT2D eigenvalue weighted by Gasteiger charge is 2.34. The summed E-state index contributed by atoms with van der Waals surface area (Å²) in [7, 11) is 0.953.